The number of oxazole rings is 1. The van der Waals surface area contributed by atoms with Crippen molar-refractivity contribution >= 4 is 23.1 Å². The Morgan fingerprint density at radius 1 is 1.42 bits per heavy atom. The van der Waals surface area contributed by atoms with Gasteiger partial charge in [0.2, 0.25) is 0 Å². The smallest absolute Gasteiger partial charge is 0.311 e. The maximum atomic E-state index is 11.2. The van der Waals surface area contributed by atoms with Crippen LogP contribution < -0.4 is 4.90 Å². The Morgan fingerprint density at radius 3 is 2.95 bits per heavy atom. The number of carboxylic acids is 1. The molecular weight excluding hydrogens is 248 g/mol. The number of benzene rings is 1. The number of fused-ring (bicyclic) bond motifs is 1. The van der Waals surface area contributed by atoms with Crippen LogP contribution in [0.2, 0.25) is 0 Å². The second kappa shape index (κ2) is 4.55. The third kappa shape index (κ3) is 2.04. The number of rotatable bonds is 3. The summed E-state index contributed by atoms with van der Waals surface area (Å²) in [6, 6.07) is 7.60. The zero-order chi connectivity index (χ0) is 13.4. The first-order valence-electron chi connectivity index (χ1n) is 6.06. The lowest BCUT2D eigenvalue weighted by Crippen LogP contribution is -2.41. The summed E-state index contributed by atoms with van der Waals surface area (Å²) >= 11 is 0. The van der Waals surface area contributed by atoms with Crippen molar-refractivity contribution in [3.63, 3.8) is 0 Å². The van der Waals surface area contributed by atoms with E-state index in [0.717, 1.165) is 5.52 Å². The zero-order valence-corrected chi connectivity index (χ0v) is 10.4. The highest BCUT2D eigenvalue weighted by molar-refractivity contribution is 5.75. The molecule has 0 aliphatic carbocycles. The molecule has 0 spiro atoms. The van der Waals surface area contributed by atoms with Crippen molar-refractivity contribution in [3.8, 4) is 0 Å². The van der Waals surface area contributed by atoms with Gasteiger partial charge >= 0.3 is 5.97 Å². The van der Waals surface area contributed by atoms with E-state index in [2.05, 4.69) is 4.98 Å². The van der Waals surface area contributed by atoms with Crippen LogP contribution in [0.3, 0.4) is 0 Å². The number of para-hydroxylation sites is 2. The van der Waals surface area contributed by atoms with Gasteiger partial charge in [0.1, 0.15) is 11.4 Å². The SMILES string of the molecule is CN(c1nc2ccccc2o1)C1COCC1C(=O)O. The van der Waals surface area contributed by atoms with Gasteiger partial charge in [-0.15, -0.1) is 0 Å². The van der Waals surface area contributed by atoms with Crippen LogP contribution in [0, 0.1) is 5.92 Å². The van der Waals surface area contributed by atoms with Gasteiger partial charge in [-0.25, -0.2) is 0 Å². The van der Waals surface area contributed by atoms with E-state index < -0.39 is 11.9 Å². The summed E-state index contributed by atoms with van der Waals surface area (Å²) in [5.41, 5.74) is 1.45. The maximum absolute atomic E-state index is 11.2. The normalized spacial score (nSPS) is 22.8. The van der Waals surface area contributed by atoms with E-state index in [1.807, 2.05) is 24.3 Å². The van der Waals surface area contributed by atoms with E-state index in [4.69, 9.17) is 14.3 Å². The third-order valence-electron chi connectivity index (χ3n) is 3.45. The summed E-state index contributed by atoms with van der Waals surface area (Å²) in [4.78, 5) is 17.3. The molecule has 2 heterocycles. The lowest BCUT2D eigenvalue weighted by molar-refractivity contribution is -0.141. The predicted octanol–water partition coefficient (Wildman–Crippen LogP) is 1.36. The molecule has 1 aromatic carbocycles. The number of nitrogens with zero attached hydrogens (tertiary/aromatic N) is 2. The molecular formula is C13H14N2O4. The van der Waals surface area contributed by atoms with Gasteiger partial charge in [-0.2, -0.15) is 4.98 Å². The lowest BCUT2D eigenvalue weighted by Gasteiger charge is -2.24. The number of carbonyl (C=O) groups is 1. The minimum absolute atomic E-state index is 0.227. The Hall–Kier alpha value is -2.08. The molecule has 100 valence electrons. The Morgan fingerprint density at radius 2 is 2.21 bits per heavy atom. The van der Waals surface area contributed by atoms with Crippen molar-refractivity contribution in [1.82, 2.24) is 4.98 Å². The van der Waals surface area contributed by atoms with Gasteiger partial charge in [-0.1, -0.05) is 12.1 Å². The maximum Gasteiger partial charge on any atom is 0.311 e. The molecule has 0 saturated carbocycles. The van der Waals surface area contributed by atoms with E-state index in [1.54, 1.807) is 11.9 Å². The molecule has 1 fully saturated rings. The summed E-state index contributed by atoms with van der Waals surface area (Å²) in [6.45, 7) is 0.594. The molecule has 2 unspecified atom stereocenters. The molecule has 1 aromatic heterocycles. The Kier molecular flexibility index (Phi) is 2.87. The number of hydrogen-bond acceptors (Lipinski definition) is 5. The van der Waals surface area contributed by atoms with Gasteiger partial charge in [-0.05, 0) is 12.1 Å². The summed E-state index contributed by atoms with van der Waals surface area (Å²) in [7, 11) is 1.78. The summed E-state index contributed by atoms with van der Waals surface area (Å²) in [6.07, 6.45) is 0. The predicted molar refractivity (Wildman–Crippen MR) is 68.1 cm³/mol. The molecule has 19 heavy (non-hydrogen) atoms. The monoisotopic (exact) mass is 262 g/mol. The third-order valence-corrected chi connectivity index (χ3v) is 3.45. The van der Waals surface area contributed by atoms with E-state index >= 15 is 0 Å². The van der Waals surface area contributed by atoms with Crippen molar-refractivity contribution in [2.24, 2.45) is 5.92 Å². The molecule has 1 aliphatic heterocycles. The molecule has 2 aromatic rings. The second-order valence-electron chi connectivity index (χ2n) is 4.62. The van der Waals surface area contributed by atoms with Crippen molar-refractivity contribution in [2.45, 2.75) is 6.04 Å². The molecule has 3 rings (SSSR count). The minimum Gasteiger partial charge on any atom is -0.481 e. The van der Waals surface area contributed by atoms with Crippen LogP contribution in [0.4, 0.5) is 6.01 Å². The number of aliphatic carboxylic acids is 1. The van der Waals surface area contributed by atoms with Crippen LogP contribution in [0.25, 0.3) is 11.1 Å². The van der Waals surface area contributed by atoms with Gasteiger partial charge in [0, 0.05) is 7.05 Å². The van der Waals surface area contributed by atoms with Crippen LogP contribution in [0.1, 0.15) is 0 Å². The number of ether oxygens (including phenoxy) is 1. The summed E-state index contributed by atoms with van der Waals surface area (Å²) in [5, 5.41) is 9.16. The zero-order valence-electron chi connectivity index (χ0n) is 10.4. The molecule has 6 heteroatoms. The molecule has 1 N–H and O–H groups in total. The highest BCUT2D eigenvalue weighted by atomic mass is 16.5. The first-order chi connectivity index (χ1) is 9.16. The van der Waals surface area contributed by atoms with Gasteiger partial charge in [-0.3, -0.25) is 4.79 Å². The standard InChI is InChI=1S/C13H14N2O4/c1-15(10-7-18-6-8(10)12(16)17)13-14-9-4-2-3-5-11(9)19-13/h2-5,8,10H,6-7H2,1H3,(H,16,17). The van der Waals surface area contributed by atoms with Crippen molar-refractivity contribution < 1.29 is 19.1 Å². The topological polar surface area (TPSA) is 75.8 Å². The first kappa shape index (κ1) is 12.0. The fourth-order valence-electron chi connectivity index (χ4n) is 2.31. The minimum atomic E-state index is -0.856. The van der Waals surface area contributed by atoms with E-state index in [9.17, 15) is 4.79 Å². The first-order valence-corrected chi connectivity index (χ1v) is 6.06. The highest BCUT2D eigenvalue weighted by Crippen LogP contribution is 2.26. The molecule has 6 nitrogen and oxygen atoms in total. The van der Waals surface area contributed by atoms with Crippen LogP contribution >= 0.6 is 0 Å². The molecule has 0 amide bonds. The van der Waals surface area contributed by atoms with Crippen molar-refractivity contribution in [1.29, 1.82) is 0 Å². The van der Waals surface area contributed by atoms with E-state index in [0.29, 0.717) is 18.2 Å². The summed E-state index contributed by atoms with van der Waals surface area (Å²) in [5.74, 6) is -1.41. The number of hydrogen-bond donors (Lipinski definition) is 1. The van der Waals surface area contributed by atoms with Crippen LogP contribution in [0.15, 0.2) is 28.7 Å². The van der Waals surface area contributed by atoms with Gasteiger partial charge < -0.3 is 19.2 Å². The second-order valence-corrected chi connectivity index (χ2v) is 4.62. The largest absolute Gasteiger partial charge is 0.481 e. The Labute approximate surface area is 109 Å². The Bertz CT molecular complexity index is 576. The van der Waals surface area contributed by atoms with Gasteiger partial charge in [0.15, 0.2) is 5.58 Å². The number of aromatic nitrogens is 1. The highest BCUT2D eigenvalue weighted by Gasteiger charge is 2.38. The molecule has 0 radical (unpaired) electrons. The number of likely N-dealkylation sites (N-methyl/N-ethyl adjacent to an activating group) is 1. The fraction of sp³-hybridized carbons (Fsp3) is 0.385. The number of anilines is 1. The Balaban J connectivity index is 1.90. The summed E-state index contributed by atoms with van der Waals surface area (Å²) < 4.78 is 10.9. The van der Waals surface area contributed by atoms with E-state index in [-0.39, 0.29) is 12.6 Å². The lowest BCUT2D eigenvalue weighted by atomic mass is 10.0. The van der Waals surface area contributed by atoms with Crippen molar-refractivity contribution in [3.05, 3.63) is 24.3 Å². The van der Waals surface area contributed by atoms with Crippen molar-refractivity contribution in [2.75, 3.05) is 25.2 Å². The average Bonchev–Trinajstić information content (AvgIpc) is 3.04. The molecule has 0 bridgehead atoms. The quantitative estimate of drug-likeness (QED) is 0.900. The van der Waals surface area contributed by atoms with Crippen LogP contribution in [-0.2, 0) is 9.53 Å². The van der Waals surface area contributed by atoms with E-state index in [1.165, 1.54) is 0 Å². The molecule has 1 aliphatic rings. The van der Waals surface area contributed by atoms with Gasteiger partial charge in [0.05, 0.1) is 19.3 Å². The fourth-order valence-corrected chi connectivity index (χ4v) is 2.31. The van der Waals surface area contributed by atoms with Crippen LogP contribution in [0.5, 0.6) is 0 Å². The average molecular weight is 262 g/mol. The molecule has 2 atom stereocenters. The van der Waals surface area contributed by atoms with Gasteiger partial charge in [0.25, 0.3) is 6.01 Å². The molecule has 1 saturated heterocycles. The number of carboxylic acid groups (broad SMARTS) is 1. The van der Waals surface area contributed by atoms with Crippen LogP contribution in [-0.4, -0.2) is 42.4 Å².